The number of rotatable bonds is 1. The highest BCUT2D eigenvalue weighted by Crippen LogP contribution is 2.41. The predicted molar refractivity (Wildman–Crippen MR) is 83.5 cm³/mol. The van der Waals surface area contributed by atoms with Gasteiger partial charge >= 0.3 is 0 Å². The van der Waals surface area contributed by atoms with E-state index in [-0.39, 0.29) is 11.5 Å². The monoisotopic (exact) mass is 272 g/mol. The van der Waals surface area contributed by atoms with Gasteiger partial charge in [-0.2, -0.15) is 0 Å². The fourth-order valence-electron chi connectivity index (χ4n) is 2.87. The van der Waals surface area contributed by atoms with Crippen LogP contribution in [0, 0.1) is 0 Å². The van der Waals surface area contributed by atoms with Crippen molar-refractivity contribution in [1.29, 1.82) is 0 Å². The van der Waals surface area contributed by atoms with Crippen LogP contribution in [0.4, 0.5) is 0 Å². The Balaban J connectivity index is 1.83. The van der Waals surface area contributed by atoms with E-state index in [1.54, 1.807) is 24.3 Å². The molecule has 2 nitrogen and oxygen atoms in total. The number of Topliss-reactive ketones (excluding diaryl/α,β-unsaturated/α-hetero) is 1. The highest BCUT2D eigenvalue weighted by molar-refractivity contribution is 6.38. The van der Waals surface area contributed by atoms with E-state index in [0.717, 1.165) is 27.8 Å². The number of benzene rings is 2. The van der Waals surface area contributed by atoms with Gasteiger partial charge in [-0.05, 0) is 46.5 Å². The summed E-state index contributed by atoms with van der Waals surface area (Å²) in [4.78, 5) is 12.7. The molecular formula is C19H12O2. The SMILES string of the molecule is O=C1C2=Cc3ccccc3C2=CC=C1c1ccc(O)cc1. The molecule has 4 rings (SSSR count). The summed E-state index contributed by atoms with van der Waals surface area (Å²) < 4.78 is 0. The third-order valence-corrected chi connectivity index (χ3v) is 3.93. The minimum absolute atomic E-state index is 0.0365. The first-order valence-electron chi connectivity index (χ1n) is 6.81. The Hall–Kier alpha value is -2.87. The van der Waals surface area contributed by atoms with Crippen LogP contribution in [0.3, 0.4) is 0 Å². The quantitative estimate of drug-likeness (QED) is 0.856. The number of hydrogen-bond acceptors (Lipinski definition) is 2. The van der Waals surface area contributed by atoms with Crippen molar-refractivity contribution < 1.29 is 9.90 Å². The fraction of sp³-hybridized carbons (Fsp3) is 0. The molecule has 2 aliphatic carbocycles. The van der Waals surface area contributed by atoms with Crippen molar-refractivity contribution in [3.8, 4) is 5.75 Å². The first-order chi connectivity index (χ1) is 10.2. The molecule has 0 radical (unpaired) electrons. The maximum absolute atomic E-state index is 12.7. The van der Waals surface area contributed by atoms with Crippen LogP contribution >= 0.6 is 0 Å². The number of hydrogen-bond donors (Lipinski definition) is 1. The van der Waals surface area contributed by atoms with E-state index in [9.17, 15) is 9.90 Å². The molecular weight excluding hydrogens is 260 g/mol. The molecule has 0 bridgehead atoms. The minimum atomic E-state index is 0.0365. The number of allylic oxidation sites excluding steroid dienone is 5. The minimum Gasteiger partial charge on any atom is -0.508 e. The van der Waals surface area contributed by atoms with Crippen LogP contribution in [0.5, 0.6) is 5.75 Å². The number of fused-ring (bicyclic) bond motifs is 3. The second-order valence-electron chi connectivity index (χ2n) is 5.18. The standard InChI is InChI=1S/C19H12O2/c20-14-7-5-12(6-8-14)16-9-10-17-15-4-2-1-3-13(15)11-18(17)19(16)21/h1-11,20H. The summed E-state index contributed by atoms with van der Waals surface area (Å²) in [6.07, 6.45) is 5.82. The first-order valence-corrected chi connectivity index (χ1v) is 6.81. The van der Waals surface area contributed by atoms with Gasteiger partial charge in [-0.1, -0.05) is 42.5 Å². The molecule has 0 saturated heterocycles. The lowest BCUT2D eigenvalue weighted by Crippen LogP contribution is -2.08. The lowest BCUT2D eigenvalue weighted by Gasteiger charge is -2.14. The third kappa shape index (κ3) is 1.77. The molecule has 2 aromatic carbocycles. The Morgan fingerprint density at radius 3 is 2.29 bits per heavy atom. The van der Waals surface area contributed by atoms with Crippen molar-refractivity contribution in [2.75, 3.05) is 0 Å². The van der Waals surface area contributed by atoms with Crippen molar-refractivity contribution in [3.63, 3.8) is 0 Å². The van der Waals surface area contributed by atoms with Gasteiger partial charge in [-0.15, -0.1) is 0 Å². The molecule has 100 valence electrons. The van der Waals surface area contributed by atoms with E-state index in [1.165, 1.54) is 0 Å². The Kier molecular flexibility index (Phi) is 2.45. The predicted octanol–water partition coefficient (Wildman–Crippen LogP) is 3.84. The summed E-state index contributed by atoms with van der Waals surface area (Å²) in [5.74, 6) is 0.237. The lowest BCUT2D eigenvalue weighted by molar-refractivity contribution is -0.110. The molecule has 0 saturated carbocycles. The summed E-state index contributed by atoms with van der Waals surface area (Å²) in [5, 5.41) is 9.36. The number of carbonyl (C=O) groups is 1. The van der Waals surface area contributed by atoms with E-state index >= 15 is 0 Å². The van der Waals surface area contributed by atoms with Crippen LogP contribution < -0.4 is 0 Å². The average Bonchev–Trinajstić information content (AvgIpc) is 2.89. The maximum atomic E-state index is 12.7. The van der Waals surface area contributed by atoms with E-state index in [0.29, 0.717) is 5.57 Å². The first kappa shape index (κ1) is 11.9. The highest BCUT2D eigenvalue weighted by atomic mass is 16.3. The van der Waals surface area contributed by atoms with E-state index in [4.69, 9.17) is 0 Å². The van der Waals surface area contributed by atoms with Gasteiger partial charge in [0.15, 0.2) is 5.78 Å². The molecule has 0 amide bonds. The number of phenolic OH excluding ortho intramolecular Hbond substituents is 1. The molecule has 0 spiro atoms. The summed E-state index contributed by atoms with van der Waals surface area (Å²) in [5.41, 5.74) is 5.44. The zero-order chi connectivity index (χ0) is 14.4. The smallest absolute Gasteiger partial charge is 0.194 e. The van der Waals surface area contributed by atoms with Crippen molar-refractivity contribution in [2.45, 2.75) is 0 Å². The van der Waals surface area contributed by atoms with Crippen molar-refractivity contribution in [1.82, 2.24) is 0 Å². The van der Waals surface area contributed by atoms with Crippen LogP contribution in [0.2, 0.25) is 0 Å². The van der Waals surface area contributed by atoms with Gasteiger partial charge in [0.25, 0.3) is 0 Å². The Bertz CT molecular complexity index is 849. The highest BCUT2D eigenvalue weighted by Gasteiger charge is 2.28. The molecule has 0 atom stereocenters. The van der Waals surface area contributed by atoms with Gasteiger partial charge in [0, 0.05) is 11.1 Å². The normalized spacial score (nSPS) is 15.8. The van der Waals surface area contributed by atoms with Crippen molar-refractivity contribution in [3.05, 3.63) is 82.9 Å². The van der Waals surface area contributed by atoms with Crippen LogP contribution in [-0.4, -0.2) is 10.9 Å². The van der Waals surface area contributed by atoms with Gasteiger partial charge in [0.1, 0.15) is 5.75 Å². The molecule has 0 aromatic heterocycles. The second-order valence-corrected chi connectivity index (χ2v) is 5.18. The van der Waals surface area contributed by atoms with Gasteiger partial charge in [0.05, 0.1) is 0 Å². The van der Waals surface area contributed by atoms with Crippen LogP contribution in [0.1, 0.15) is 16.7 Å². The zero-order valence-electron chi connectivity index (χ0n) is 11.2. The largest absolute Gasteiger partial charge is 0.508 e. The summed E-state index contributed by atoms with van der Waals surface area (Å²) in [6.45, 7) is 0. The Labute approximate surface area is 122 Å². The number of carbonyl (C=O) groups excluding carboxylic acids is 1. The van der Waals surface area contributed by atoms with Gasteiger partial charge in [-0.25, -0.2) is 0 Å². The molecule has 0 fully saturated rings. The van der Waals surface area contributed by atoms with Crippen molar-refractivity contribution >= 4 is 23.0 Å². The summed E-state index contributed by atoms with van der Waals surface area (Å²) >= 11 is 0. The molecule has 0 unspecified atom stereocenters. The second kappa shape index (κ2) is 4.32. The molecule has 2 aliphatic rings. The van der Waals surface area contributed by atoms with Gasteiger partial charge < -0.3 is 5.11 Å². The van der Waals surface area contributed by atoms with Crippen molar-refractivity contribution in [2.24, 2.45) is 0 Å². The average molecular weight is 272 g/mol. The Morgan fingerprint density at radius 2 is 1.48 bits per heavy atom. The van der Waals surface area contributed by atoms with E-state index in [1.807, 2.05) is 42.5 Å². The summed E-state index contributed by atoms with van der Waals surface area (Å²) in [6, 6.07) is 14.8. The van der Waals surface area contributed by atoms with E-state index < -0.39 is 0 Å². The molecule has 0 heterocycles. The van der Waals surface area contributed by atoms with Crippen LogP contribution in [0.15, 0.2) is 66.3 Å². The maximum Gasteiger partial charge on any atom is 0.194 e. The topological polar surface area (TPSA) is 37.3 Å². The molecule has 21 heavy (non-hydrogen) atoms. The van der Waals surface area contributed by atoms with Crippen LogP contribution in [0.25, 0.3) is 17.2 Å². The molecule has 2 aromatic rings. The van der Waals surface area contributed by atoms with E-state index in [2.05, 4.69) is 0 Å². The van der Waals surface area contributed by atoms with Crippen LogP contribution in [-0.2, 0) is 4.79 Å². The number of aromatic hydroxyl groups is 1. The zero-order valence-corrected chi connectivity index (χ0v) is 11.2. The van der Waals surface area contributed by atoms with Gasteiger partial charge in [0.2, 0.25) is 0 Å². The summed E-state index contributed by atoms with van der Waals surface area (Å²) in [7, 11) is 0. The molecule has 0 aliphatic heterocycles. The number of ketones is 1. The fourth-order valence-corrected chi connectivity index (χ4v) is 2.87. The lowest BCUT2D eigenvalue weighted by atomic mass is 9.88. The molecule has 1 N–H and O–H groups in total. The number of phenols is 1. The third-order valence-electron chi connectivity index (χ3n) is 3.93. The van der Waals surface area contributed by atoms with Gasteiger partial charge in [-0.3, -0.25) is 4.79 Å². The Morgan fingerprint density at radius 1 is 0.762 bits per heavy atom. The molecule has 2 heteroatoms.